The molecule has 0 saturated heterocycles. The van der Waals surface area contributed by atoms with Gasteiger partial charge in [0.15, 0.2) is 0 Å². The second-order valence-corrected chi connectivity index (χ2v) is 8.22. The number of carbonyl (C=O) groups is 1. The highest BCUT2D eigenvalue weighted by Gasteiger charge is 2.22. The SMILES string of the molecule is Cc1nc2sc3c(c2c(=O)n1CC(=O)NC(C)c1ccccc1)CCCC3. The summed E-state index contributed by atoms with van der Waals surface area (Å²) in [5, 5.41) is 3.71. The molecule has 27 heavy (non-hydrogen) atoms. The van der Waals surface area contributed by atoms with Crippen LogP contribution >= 0.6 is 11.3 Å². The Morgan fingerprint density at radius 3 is 2.78 bits per heavy atom. The van der Waals surface area contributed by atoms with Crippen LogP contribution in [0.4, 0.5) is 0 Å². The van der Waals surface area contributed by atoms with Gasteiger partial charge >= 0.3 is 0 Å². The number of amides is 1. The smallest absolute Gasteiger partial charge is 0.263 e. The Kier molecular flexibility index (Phi) is 4.83. The second-order valence-electron chi connectivity index (χ2n) is 7.14. The molecule has 140 valence electrons. The first-order valence-electron chi connectivity index (χ1n) is 9.40. The second kappa shape index (κ2) is 7.27. The van der Waals surface area contributed by atoms with Gasteiger partial charge in [0.25, 0.3) is 5.56 Å². The van der Waals surface area contributed by atoms with E-state index in [1.54, 1.807) is 18.3 Å². The van der Waals surface area contributed by atoms with Crippen molar-refractivity contribution in [1.29, 1.82) is 0 Å². The van der Waals surface area contributed by atoms with Gasteiger partial charge in [-0.2, -0.15) is 0 Å². The Morgan fingerprint density at radius 2 is 2.00 bits per heavy atom. The summed E-state index contributed by atoms with van der Waals surface area (Å²) in [6, 6.07) is 9.69. The summed E-state index contributed by atoms with van der Waals surface area (Å²) in [5.74, 6) is 0.412. The quantitative estimate of drug-likeness (QED) is 0.752. The monoisotopic (exact) mass is 381 g/mol. The number of rotatable bonds is 4. The molecular formula is C21H23N3O2S. The van der Waals surface area contributed by atoms with E-state index in [0.29, 0.717) is 5.82 Å². The molecule has 2 aromatic heterocycles. The number of hydrogen-bond acceptors (Lipinski definition) is 4. The summed E-state index contributed by atoms with van der Waals surface area (Å²) in [5.41, 5.74) is 2.11. The molecule has 0 fully saturated rings. The van der Waals surface area contributed by atoms with Crippen LogP contribution in [0.5, 0.6) is 0 Å². The van der Waals surface area contributed by atoms with E-state index in [2.05, 4.69) is 10.3 Å². The number of hydrogen-bond donors (Lipinski definition) is 1. The van der Waals surface area contributed by atoms with Crippen molar-refractivity contribution >= 4 is 27.5 Å². The summed E-state index contributed by atoms with van der Waals surface area (Å²) < 4.78 is 1.51. The average Bonchev–Trinajstić information content (AvgIpc) is 3.04. The Morgan fingerprint density at radius 1 is 1.26 bits per heavy atom. The molecule has 6 heteroatoms. The Labute approximate surface area is 162 Å². The maximum Gasteiger partial charge on any atom is 0.263 e. The third kappa shape index (κ3) is 3.41. The van der Waals surface area contributed by atoms with Gasteiger partial charge in [0.05, 0.1) is 11.4 Å². The number of aromatic nitrogens is 2. The zero-order valence-electron chi connectivity index (χ0n) is 15.6. The molecule has 0 bridgehead atoms. The maximum absolute atomic E-state index is 13.1. The predicted molar refractivity (Wildman–Crippen MR) is 108 cm³/mol. The lowest BCUT2D eigenvalue weighted by Crippen LogP contribution is -2.35. The van der Waals surface area contributed by atoms with Crippen LogP contribution in [0.25, 0.3) is 10.2 Å². The van der Waals surface area contributed by atoms with E-state index in [0.717, 1.165) is 40.6 Å². The maximum atomic E-state index is 13.1. The van der Waals surface area contributed by atoms with Crippen LogP contribution in [0.15, 0.2) is 35.1 Å². The Hall–Kier alpha value is -2.47. The Bertz CT molecular complexity index is 1050. The van der Waals surface area contributed by atoms with Crippen molar-refractivity contribution in [2.75, 3.05) is 0 Å². The molecule has 1 atom stereocenters. The van der Waals surface area contributed by atoms with Crippen molar-refractivity contribution < 1.29 is 4.79 Å². The van der Waals surface area contributed by atoms with E-state index in [4.69, 9.17) is 0 Å². The van der Waals surface area contributed by atoms with Gasteiger partial charge in [0.1, 0.15) is 17.2 Å². The first-order chi connectivity index (χ1) is 13.0. The van der Waals surface area contributed by atoms with Crippen molar-refractivity contribution in [2.45, 2.75) is 52.1 Å². The lowest BCUT2D eigenvalue weighted by molar-refractivity contribution is -0.122. The number of carbonyl (C=O) groups excluding carboxylic acids is 1. The molecule has 5 nitrogen and oxygen atoms in total. The molecule has 3 aromatic rings. The summed E-state index contributed by atoms with van der Waals surface area (Å²) in [6.07, 6.45) is 4.25. The van der Waals surface area contributed by atoms with Crippen LogP contribution in [0.2, 0.25) is 0 Å². The zero-order chi connectivity index (χ0) is 19.0. The molecule has 1 N–H and O–H groups in total. The molecular weight excluding hydrogens is 358 g/mol. The summed E-state index contributed by atoms with van der Waals surface area (Å²) in [6.45, 7) is 3.74. The van der Waals surface area contributed by atoms with Crippen molar-refractivity contribution in [3.63, 3.8) is 0 Å². The molecule has 2 heterocycles. The zero-order valence-corrected chi connectivity index (χ0v) is 16.4. The van der Waals surface area contributed by atoms with E-state index in [1.807, 2.05) is 37.3 Å². The fourth-order valence-corrected chi connectivity index (χ4v) is 5.08. The van der Waals surface area contributed by atoms with Crippen LogP contribution in [-0.2, 0) is 24.2 Å². The standard InChI is InChI=1S/C21H23N3O2S/c1-13(15-8-4-3-5-9-15)22-18(25)12-24-14(2)23-20-19(21(24)26)16-10-6-7-11-17(16)27-20/h3-5,8-9,13H,6-7,10-12H2,1-2H3,(H,22,25). The number of benzene rings is 1. The highest BCUT2D eigenvalue weighted by atomic mass is 32.1. The molecule has 0 radical (unpaired) electrons. The van der Waals surface area contributed by atoms with Gasteiger partial charge in [-0.15, -0.1) is 11.3 Å². The molecule has 0 spiro atoms. The van der Waals surface area contributed by atoms with Crippen LogP contribution in [0.1, 0.15) is 47.6 Å². The highest BCUT2D eigenvalue weighted by Crippen LogP contribution is 2.33. The van der Waals surface area contributed by atoms with Crippen LogP contribution < -0.4 is 10.9 Å². The first kappa shape index (κ1) is 17.9. The molecule has 0 aliphatic heterocycles. The highest BCUT2D eigenvalue weighted by molar-refractivity contribution is 7.18. The third-order valence-corrected chi connectivity index (χ3v) is 6.43. The summed E-state index contributed by atoms with van der Waals surface area (Å²) in [4.78, 5) is 32.4. The minimum Gasteiger partial charge on any atom is -0.348 e. The van der Waals surface area contributed by atoms with Crippen LogP contribution in [0.3, 0.4) is 0 Å². The lowest BCUT2D eigenvalue weighted by Gasteiger charge is -2.16. The number of aryl methyl sites for hydroxylation is 3. The molecule has 1 aliphatic rings. The normalized spacial score (nSPS) is 14.7. The van der Waals surface area contributed by atoms with E-state index in [1.165, 1.54) is 15.9 Å². The summed E-state index contributed by atoms with van der Waals surface area (Å²) >= 11 is 1.64. The van der Waals surface area contributed by atoms with Gasteiger partial charge in [-0.25, -0.2) is 4.98 Å². The van der Waals surface area contributed by atoms with Gasteiger partial charge in [-0.3, -0.25) is 14.2 Å². The predicted octanol–water partition coefficient (Wildman–Crippen LogP) is 3.52. The van der Waals surface area contributed by atoms with E-state index >= 15 is 0 Å². The minimum atomic E-state index is -0.179. The average molecular weight is 382 g/mol. The topological polar surface area (TPSA) is 64.0 Å². The van der Waals surface area contributed by atoms with Gasteiger partial charge in [-0.05, 0) is 50.7 Å². The largest absolute Gasteiger partial charge is 0.348 e. The number of nitrogens with one attached hydrogen (secondary N) is 1. The number of thiophene rings is 1. The number of nitrogens with zero attached hydrogens (tertiary/aromatic N) is 2. The molecule has 0 saturated carbocycles. The van der Waals surface area contributed by atoms with Gasteiger partial charge in [-0.1, -0.05) is 30.3 Å². The van der Waals surface area contributed by atoms with E-state index in [9.17, 15) is 9.59 Å². The molecule has 1 amide bonds. The van der Waals surface area contributed by atoms with E-state index in [-0.39, 0.29) is 24.1 Å². The summed E-state index contributed by atoms with van der Waals surface area (Å²) in [7, 11) is 0. The van der Waals surface area contributed by atoms with Crippen molar-refractivity contribution in [3.05, 3.63) is 62.5 Å². The van der Waals surface area contributed by atoms with Gasteiger partial charge < -0.3 is 5.32 Å². The fraction of sp³-hybridized carbons (Fsp3) is 0.381. The number of fused-ring (bicyclic) bond motifs is 3. The molecule has 1 aliphatic carbocycles. The van der Waals surface area contributed by atoms with Crippen LogP contribution in [-0.4, -0.2) is 15.5 Å². The van der Waals surface area contributed by atoms with Crippen molar-refractivity contribution in [3.8, 4) is 0 Å². The first-order valence-corrected chi connectivity index (χ1v) is 10.2. The van der Waals surface area contributed by atoms with Crippen LogP contribution in [0, 0.1) is 6.92 Å². The Balaban J connectivity index is 1.62. The van der Waals surface area contributed by atoms with Gasteiger partial charge in [0.2, 0.25) is 5.91 Å². The molecule has 1 unspecified atom stereocenters. The lowest BCUT2D eigenvalue weighted by atomic mass is 9.97. The molecule has 4 rings (SSSR count). The van der Waals surface area contributed by atoms with Crippen molar-refractivity contribution in [1.82, 2.24) is 14.9 Å². The fourth-order valence-electron chi connectivity index (χ4n) is 3.78. The minimum absolute atomic E-state index is 0.00456. The molecule has 1 aromatic carbocycles. The van der Waals surface area contributed by atoms with Gasteiger partial charge in [0, 0.05) is 4.88 Å². The van der Waals surface area contributed by atoms with E-state index < -0.39 is 0 Å². The van der Waals surface area contributed by atoms with Crippen molar-refractivity contribution in [2.24, 2.45) is 0 Å². The third-order valence-electron chi connectivity index (χ3n) is 5.24.